The molecule has 0 radical (unpaired) electrons. The summed E-state index contributed by atoms with van der Waals surface area (Å²) >= 11 is 1.59. The van der Waals surface area contributed by atoms with Crippen molar-refractivity contribution in [2.75, 3.05) is 6.54 Å². The minimum atomic E-state index is -0.743. The maximum Gasteiger partial charge on any atom is 0.303 e. The fourth-order valence-corrected chi connectivity index (χ4v) is 2.89. The summed E-state index contributed by atoms with van der Waals surface area (Å²) in [5.41, 5.74) is 1.04. The molecule has 1 rings (SSSR count). The van der Waals surface area contributed by atoms with E-state index in [1.165, 1.54) is 0 Å². The van der Waals surface area contributed by atoms with E-state index in [-0.39, 0.29) is 12.3 Å². The Morgan fingerprint density at radius 3 is 2.75 bits per heavy atom. The van der Waals surface area contributed by atoms with Crippen LogP contribution in [0.4, 0.5) is 0 Å². The van der Waals surface area contributed by atoms with E-state index in [1.54, 1.807) is 11.3 Å². The molecule has 1 heterocycles. The van der Waals surface area contributed by atoms with E-state index in [0.717, 1.165) is 24.8 Å². The first-order chi connectivity index (χ1) is 9.61. The van der Waals surface area contributed by atoms with Crippen LogP contribution in [0.1, 0.15) is 44.6 Å². The number of aliphatic carboxylic acids is 1. The number of hydrogen-bond acceptors (Lipinski definition) is 3. The summed E-state index contributed by atoms with van der Waals surface area (Å²) in [6.45, 7) is 2.73. The van der Waals surface area contributed by atoms with Crippen molar-refractivity contribution in [2.24, 2.45) is 5.92 Å². The third-order valence-corrected chi connectivity index (χ3v) is 4.01. The van der Waals surface area contributed by atoms with E-state index in [4.69, 9.17) is 5.11 Å². The van der Waals surface area contributed by atoms with Crippen LogP contribution in [0.5, 0.6) is 0 Å². The average molecular weight is 297 g/mol. The van der Waals surface area contributed by atoms with Crippen LogP contribution in [0.2, 0.25) is 0 Å². The minimum absolute atomic E-state index is 0.0388. The van der Waals surface area contributed by atoms with E-state index in [0.29, 0.717) is 25.3 Å². The highest BCUT2D eigenvalue weighted by Crippen LogP contribution is 2.17. The Balaban J connectivity index is 2.21. The molecule has 0 bridgehead atoms. The highest BCUT2D eigenvalue weighted by Gasteiger charge is 2.11. The molecule has 2 N–H and O–H groups in total. The molecule has 0 spiro atoms. The van der Waals surface area contributed by atoms with E-state index in [1.807, 2.05) is 16.8 Å². The fraction of sp³-hybridized carbons (Fsp3) is 0.600. The summed E-state index contributed by atoms with van der Waals surface area (Å²) in [7, 11) is 0. The van der Waals surface area contributed by atoms with Crippen LogP contribution in [0, 0.1) is 5.92 Å². The SMILES string of the molecule is CCCC(CCNC(=O)Cc1ccsc1)CCC(=O)O. The van der Waals surface area contributed by atoms with Gasteiger partial charge in [0, 0.05) is 13.0 Å². The smallest absolute Gasteiger partial charge is 0.303 e. The Labute approximate surface area is 124 Å². The Kier molecular flexibility index (Phi) is 7.95. The third kappa shape index (κ3) is 7.28. The molecule has 112 valence electrons. The van der Waals surface area contributed by atoms with Crippen molar-refractivity contribution in [3.63, 3.8) is 0 Å². The number of carbonyl (C=O) groups excluding carboxylic acids is 1. The first-order valence-corrected chi connectivity index (χ1v) is 8.05. The minimum Gasteiger partial charge on any atom is -0.481 e. The number of carboxylic acids is 1. The molecule has 1 amide bonds. The monoisotopic (exact) mass is 297 g/mol. The first-order valence-electron chi connectivity index (χ1n) is 7.11. The van der Waals surface area contributed by atoms with Crippen LogP contribution in [-0.2, 0) is 16.0 Å². The van der Waals surface area contributed by atoms with Gasteiger partial charge in [-0.3, -0.25) is 9.59 Å². The predicted octanol–water partition coefficient (Wildman–Crippen LogP) is 3.08. The lowest BCUT2D eigenvalue weighted by molar-refractivity contribution is -0.137. The summed E-state index contributed by atoms with van der Waals surface area (Å²) in [5.74, 6) is -0.318. The van der Waals surface area contributed by atoms with Crippen molar-refractivity contribution in [3.8, 4) is 0 Å². The highest BCUT2D eigenvalue weighted by atomic mass is 32.1. The summed E-state index contributed by atoms with van der Waals surface area (Å²) in [6.07, 6.45) is 4.27. The molecular weight excluding hydrogens is 274 g/mol. The quantitative estimate of drug-likeness (QED) is 0.697. The third-order valence-electron chi connectivity index (χ3n) is 3.28. The zero-order valence-electron chi connectivity index (χ0n) is 11.9. The van der Waals surface area contributed by atoms with Crippen molar-refractivity contribution < 1.29 is 14.7 Å². The van der Waals surface area contributed by atoms with Crippen molar-refractivity contribution in [3.05, 3.63) is 22.4 Å². The van der Waals surface area contributed by atoms with Gasteiger partial charge in [0.05, 0.1) is 6.42 Å². The molecule has 5 heteroatoms. The lowest BCUT2D eigenvalue weighted by Crippen LogP contribution is -2.27. The van der Waals surface area contributed by atoms with E-state index in [9.17, 15) is 9.59 Å². The number of amides is 1. The van der Waals surface area contributed by atoms with Gasteiger partial charge in [-0.05, 0) is 41.1 Å². The molecule has 0 saturated carbocycles. The van der Waals surface area contributed by atoms with Crippen LogP contribution in [0.3, 0.4) is 0 Å². The molecule has 1 aromatic heterocycles. The molecular formula is C15H23NO3S. The summed E-state index contributed by atoms with van der Waals surface area (Å²) < 4.78 is 0. The van der Waals surface area contributed by atoms with Gasteiger partial charge >= 0.3 is 5.97 Å². The van der Waals surface area contributed by atoms with E-state index >= 15 is 0 Å². The van der Waals surface area contributed by atoms with Gasteiger partial charge in [-0.25, -0.2) is 0 Å². The molecule has 1 aromatic rings. The second kappa shape index (κ2) is 9.53. The molecule has 0 aromatic carbocycles. The van der Waals surface area contributed by atoms with Crippen molar-refractivity contribution in [1.29, 1.82) is 0 Å². The second-order valence-electron chi connectivity index (χ2n) is 5.03. The van der Waals surface area contributed by atoms with Crippen molar-refractivity contribution in [2.45, 2.75) is 45.4 Å². The van der Waals surface area contributed by atoms with E-state index < -0.39 is 5.97 Å². The number of rotatable bonds is 10. The molecule has 1 atom stereocenters. The molecule has 0 aliphatic rings. The average Bonchev–Trinajstić information content (AvgIpc) is 2.88. The summed E-state index contributed by atoms with van der Waals surface area (Å²) in [6, 6.07) is 1.96. The number of hydrogen-bond donors (Lipinski definition) is 2. The topological polar surface area (TPSA) is 66.4 Å². The Morgan fingerprint density at radius 1 is 1.35 bits per heavy atom. The number of nitrogens with one attached hydrogen (secondary N) is 1. The lowest BCUT2D eigenvalue weighted by atomic mass is 9.94. The Morgan fingerprint density at radius 2 is 2.15 bits per heavy atom. The maximum atomic E-state index is 11.7. The van der Waals surface area contributed by atoms with Gasteiger partial charge in [0.15, 0.2) is 0 Å². The number of carbonyl (C=O) groups is 2. The molecule has 1 unspecified atom stereocenters. The lowest BCUT2D eigenvalue weighted by Gasteiger charge is -2.15. The Bertz CT molecular complexity index is 403. The fourth-order valence-electron chi connectivity index (χ4n) is 2.23. The van der Waals surface area contributed by atoms with Crippen LogP contribution < -0.4 is 5.32 Å². The summed E-state index contributed by atoms with van der Waals surface area (Å²) in [5, 5.41) is 15.6. The molecule has 4 nitrogen and oxygen atoms in total. The van der Waals surface area contributed by atoms with Gasteiger partial charge in [-0.1, -0.05) is 19.8 Å². The molecule has 0 aliphatic heterocycles. The number of carboxylic acid groups (broad SMARTS) is 1. The zero-order chi connectivity index (χ0) is 14.8. The molecule has 0 aliphatic carbocycles. The van der Waals surface area contributed by atoms with Gasteiger partial charge in [0.1, 0.15) is 0 Å². The molecule has 20 heavy (non-hydrogen) atoms. The van der Waals surface area contributed by atoms with Crippen LogP contribution in [0.15, 0.2) is 16.8 Å². The van der Waals surface area contributed by atoms with E-state index in [2.05, 4.69) is 12.2 Å². The van der Waals surface area contributed by atoms with Crippen LogP contribution in [-0.4, -0.2) is 23.5 Å². The molecule has 0 saturated heterocycles. The normalized spacial score (nSPS) is 12.1. The zero-order valence-corrected chi connectivity index (χ0v) is 12.7. The molecule has 0 fully saturated rings. The van der Waals surface area contributed by atoms with Gasteiger partial charge in [-0.2, -0.15) is 11.3 Å². The van der Waals surface area contributed by atoms with Gasteiger partial charge in [0.25, 0.3) is 0 Å². The Hall–Kier alpha value is -1.36. The van der Waals surface area contributed by atoms with Crippen LogP contribution in [0.25, 0.3) is 0 Å². The van der Waals surface area contributed by atoms with Gasteiger partial charge < -0.3 is 10.4 Å². The predicted molar refractivity (Wildman–Crippen MR) is 80.9 cm³/mol. The standard InChI is InChI=1S/C15H23NO3S/c1-2-3-12(4-5-15(18)19)6-8-16-14(17)10-13-7-9-20-11-13/h7,9,11-12H,2-6,8,10H2,1H3,(H,16,17)(H,18,19). The van der Waals surface area contributed by atoms with Crippen molar-refractivity contribution >= 4 is 23.2 Å². The second-order valence-corrected chi connectivity index (χ2v) is 5.81. The van der Waals surface area contributed by atoms with Crippen molar-refractivity contribution in [1.82, 2.24) is 5.32 Å². The summed E-state index contributed by atoms with van der Waals surface area (Å²) in [4.78, 5) is 22.3. The van der Waals surface area contributed by atoms with Crippen LogP contribution >= 0.6 is 11.3 Å². The maximum absolute atomic E-state index is 11.7. The largest absolute Gasteiger partial charge is 0.481 e. The highest BCUT2D eigenvalue weighted by molar-refractivity contribution is 7.07. The van der Waals surface area contributed by atoms with Gasteiger partial charge in [0.2, 0.25) is 5.91 Å². The number of thiophene rings is 1. The first kappa shape index (κ1) is 16.7. The van der Waals surface area contributed by atoms with Gasteiger partial charge in [-0.15, -0.1) is 0 Å².